The summed E-state index contributed by atoms with van der Waals surface area (Å²) in [4.78, 5) is 10.5. The van der Waals surface area contributed by atoms with E-state index < -0.39 is 0 Å². The number of quaternary nitrogens is 1. The van der Waals surface area contributed by atoms with E-state index in [1.165, 1.54) is 6.34 Å². The molecule has 2 N–H and O–H groups in total. The predicted octanol–water partition coefficient (Wildman–Crippen LogP) is -1.03. The number of aliphatic imine (C=N–C) groups is 1. The zero-order chi connectivity index (χ0) is 6.97. The zero-order valence-corrected chi connectivity index (χ0v) is 5.16. The van der Waals surface area contributed by atoms with Crippen LogP contribution in [-0.2, 0) is 6.54 Å². The van der Waals surface area contributed by atoms with Crippen LogP contribution in [0.15, 0.2) is 11.3 Å². The second-order valence-electron chi connectivity index (χ2n) is 2.11. The Kier molecular flexibility index (Phi) is 1.06. The topological polar surface area (TPSA) is 68.5 Å². The van der Waals surface area contributed by atoms with Crippen molar-refractivity contribution in [1.29, 1.82) is 0 Å². The highest BCUT2D eigenvalue weighted by Gasteiger charge is 2.11. The smallest absolute Gasteiger partial charge is 0.190 e. The Morgan fingerprint density at radius 3 is 3.50 bits per heavy atom. The van der Waals surface area contributed by atoms with Crippen LogP contribution in [-0.4, -0.2) is 16.3 Å². The normalized spacial score (nSPS) is 22.7. The third-order valence-corrected chi connectivity index (χ3v) is 1.38. The molecule has 1 atom stereocenters. The van der Waals surface area contributed by atoms with Gasteiger partial charge in [0.2, 0.25) is 0 Å². The second kappa shape index (κ2) is 1.89. The fourth-order valence-electron chi connectivity index (χ4n) is 0.908. The molecule has 0 saturated heterocycles. The van der Waals surface area contributed by atoms with Crippen LogP contribution in [0, 0.1) is 5.21 Å². The van der Waals surface area contributed by atoms with Gasteiger partial charge in [0.15, 0.2) is 12.2 Å². The van der Waals surface area contributed by atoms with E-state index in [0.29, 0.717) is 12.4 Å². The van der Waals surface area contributed by atoms with Gasteiger partial charge in [-0.2, -0.15) is 4.99 Å². The number of fused-ring (bicyclic) bond motifs is 1. The highest BCUT2D eigenvalue weighted by Crippen LogP contribution is 2.12. The summed E-state index contributed by atoms with van der Waals surface area (Å²) in [6, 6.07) is 0. The first-order valence-corrected chi connectivity index (χ1v) is 2.95. The quantitative estimate of drug-likeness (QED) is 0.450. The fraction of sp³-hybridized carbons (Fsp3) is 0.200. The van der Waals surface area contributed by atoms with Crippen molar-refractivity contribution in [1.82, 2.24) is 9.97 Å². The van der Waals surface area contributed by atoms with Gasteiger partial charge >= 0.3 is 0 Å². The predicted molar refractivity (Wildman–Crippen MR) is 34.8 cm³/mol. The molecule has 52 valence electrons. The van der Waals surface area contributed by atoms with Gasteiger partial charge in [-0.15, -0.1) is 0 Å². The minimum Gasteiger partial charge on any atom is -0.628 e. The van der Waals surface area contributed by atoms with Crippen LogP contribution in [0.1, 0.15) is 5.69 Å². The van der Waals surface area contributed by atoms with E-state index in [9.17, 15) is 5.21 Å². The van der Waals surface area contributed by atoms with E-state index >= 15 is 0 Å². The molecule has 0 amide bonds. The summed E-state index contributed by atoms with van der Waals surface area (Å²) < 4.78 is 0. The van der Waals surface area contributed by atoms with Crippen LogP contribution in [0.4, 0.5) is 5.82 Å². The summed E-state index contributed by atoms with van der Waals surface area (Å²) in [6.07, 6.45) is 2.85. The Balaban J connectivity index is 2.43. The van der Waals surface area contributed by atoms with Crippen LogP contribution >= 0.6 is 0 Å². The number of rotatable bonds is 0. The Labute approximate surface area is 57.0 Å². The molecule has 10 heavy (non-hydrogen) atoms. The molecule has 0 bridgehead atoms. The van der Waals surface area contributed by atoms with Gasteiger partial charge < -0.3 is 15.3 Å². The van der Waals surface area contributed by atoms with E-state index in [0.717, 1.165) is 5.69 Å². The van der Waals surface area contributed by atoms with Crippen LogP contribution < -0.4 is 5.06 Å². The molecule has 1 aromatic heterocycles. The maximum atomic E-state index is 10.7. The number of aromatic nitrogens is 2. The van der Waals surface area contributed by atoms with Crippen molar-refractivity contribution in [2.75, 3.05) is 0 Å². The molecule has 1 aliphatic heterocycles. The van der Waals surface area contributed by atoms with Crippen molar-refractivity contribution in [2.24, 2.45) is 4.99 Å². The molecule has 1 aromatic rings. The van der Waals surface area contributed by atoms with Gasteiger partial charge in [-0.25, -0.2) is 4.98 Å². The summed E-state index contributed by atoms with van der Waals surface area (Å²) in [5.41, 5.74) is 0.813. The maximum Gasteiger partial charge on any atom is 0.190 e. The molecule has 0 radical (unpaired) electrons. The summed E-state index contributed by atoms with van der Waals surface area (Å²) >= 11 is 0. The monoisotopic (exact) mass is 138 g/mol. The molecule has 0 aromatic carbocycles. The third-order valence-electron chi connectivity index (χ3n) is 1.38. The maximum absolute atomic E-state index is 10.7. The first-order valence-electron chi connectivity index (χ1n) is 2.95. The molecule has 1 aliphatic rings. The third kappa shape index (κ3) is 0.722. The van der Waals surface area contributed by atoms with E-state index in [4.69, 9.17) is 0 Å². The highest BCUT2D eigenvalue weighted by atomic mass is 16.5. The molecular formula is C5H6N4O. The lowest BCUT2D eigenvalue weighted by molar-refractivity contribution is -0.757. The summed E-state index contributed by atoms with van der Waals surface area (Å²) in [7, 11) is 0. The van der Waals surface area contributed by atoms with Crippen molar-refractivity contribution in [3.05, 3.63) is 17.2 Å². The Bertz CT molecular complexity index is 266. The Morgan fingerprint density at radius 2 is 2.60 bits per heavy atom. The lowest BCUT2D eigenvalue weighted by Crippen LogP contribution is -3.05. The highest BCUT2D eigenvalue weighted by molar-refractivity contribution is 5.54. The standard InChI is InChI=1S/C5H6N4O/c10-9-1-4-5(8-3-9)7-2-6-4/h2-3,9H,1H2,(H,6,7). The first-order chi connectivity index (χ1) is 4.86. The Morgan fingerprint density at radius 1 is 1.70 bits per heavy atom. The van der Waals surface area contributed by atoms with Crippen molar-refractivity contribution in [3.8, 4) is 0 Å². The minimum atomic E-state index is 0.0248. The van der Waals surface area contributed by atoms with Crippen molar-refractivity contribution >= 4 is 12.2 Å². The molecule has 5 nitrogen and oxygen atoms in total. The first kappa shape index (κ1) is 5.57. The average Bonchev–Trinajstić information content (AvgIpc) is 2.33. The van der Waals surface area contributed by atoms with Crippen LogP contribution in [0.2, 0.25) is 0 Å². The molecule has 5 heteroatoms. The fourth-order valence-corrected chi connectivity index (χ4v) is 0.908. The number of H-pyrrole nitrogens is 1. The Hall–Kier alpha value is -1.20. The van der Waals surface area contributed by atoms with E-state index in [1.807, 2.05) is 0 Å². The van der Waals surface area contributed by atoms with Gasteiger partial charge in [-0.1, -0.05) is 0 Å². The van der Waals surface area contributed by atoms with E-state index in [-0.39, 0.29) is 5.06 Å². The van der Waals surface area contributed by atoms with Gasteiger partial charge in [0, 0.05) is 0 Å². The van der Waals surface area contributed by atoms with Crippen molar-refractivity contribution in [2.45, 2.75) is 6.54 Å². The summed E-state index contributed by atoms with van der Waals surface area (Å²) in [5, 5.41) is 10.8. The summed E-state index contributed by atoms with van der Waals surface area (Å²) in [5.74, 6) is 0.639. The number of aromatic amines is 1. The molecule has 0 spiro atoms. The van der Waals surface area contributed by atoms with Gasteiger partial charge in [0.25, 0.3) is 0 Å². The number of nitrogens with zero attached hydrogens (tertiary/aromatic N) is 2. The van der Waals surface area contributed by atoms with Crippen molar-refractivity contribution < 1.29 is 5.06 Å². The van der Waals surface area contributed by atoms with Gasteiger partial charge in [-0.05, 0) is 0 Å². The molecule has 0 aliphatic carbocycles. The largest absolute Gasteiger partial charge is 0.628 e. The van der Waals surface area contributed by atoms with E-state index in [1.54, 1.807) is 6.33 Å². The van der Waals surface area contributed by atoms with E-state index in [2.05, 4.69) is 15.0 Å². The molecule has 0 fully saturated rings. The molecular weight excluding hydrogens is 132 g/mol. The lowest BCUT2D eigenvalue weighted by Gasteiger charge is -2.17. The molecule has 1 unspecified atom stereocenters. The number of hydrogen-bond donors (Lipinski definition) is 2. The van der Waals surface area contributed by atoms with Crippen LogP contribution in [0.5, 0.6) is 0 Å². The minimum absolute atomic E-state index is 0.0248. The zero-order valence-electron chi connectivity index (χ0n) is 5.16. The number of hydrogen-bond acceptors (Lipinski definition) is 3. The van der Waals surface area contributed by atoms with Gasteiger partial charge in [0.1, 0.15) is 12.2 Å². The van der Waals surface area contributed by atoms with Crippen LogP contribution in [0.3, 0.4) is 0 Å². The average molecular weight is 138 g/mol. The number of imidazole rings is 1. The van der Waals surface area contributed by atoms with Gasteiger partial charge in [0.05, 0.1) is 6.33 Å². The second-order valence-corrected chi connectivity index (χ2v) is 2.11. The number of hydroxylamine groups is 2. The van der Waals surface area contributed by atoms with Gasteiger partial charge in [-0.3, -0.25) is 0 Å². The SMILES string of the molecule is [O-][NH+]1C=Nc2nc[nH]c2C1. The lowest BCUT2D eigenvalue weighted by atomic mass is 10.4. The number of nitrogens with one attached hydrogen (secondary N) is 2. The molecule has 2 heterocycles. The van der Waals surface area contributed by atoms with Crippen LogP contribution in [0.25, 0.3) is 0 Å². The summed E-state index contributed by atoms with van der Waals surface area (Å²) in [6.45, 7) is 0.402. The molecule has 2 rings (SSSR count). The molecule has 0 saturated carbocycles. The van der Waals surface area contributed by atoms with Crippen molar-refractivity contribution in [3.63, 3.8) is 0 Å².